The second-order valence-electron chi connectivity index (χ2n) is 3.26. The molecular formula is C12H9BClO2. The van der Waals surface area contributed by atoms with Gasteiger partial charge in [0.05, 0.1) is 0 Å². The molecule has 4 heteroatoms. The Kier molecular flexibility index (Phi) is 3.49. The zero-order valence-corrected chi connectivity index (χ0v) is 9.19. The van der Waals surface area contributed by atoms with Crippen molar-refractivity contribution in [3.05, 3.63) is 53.6 Å². The summed E-state index contributed by atoms with van der Waals surface area (Å²) < 4.78 is 4.90. The summed E-state index contributed by atoms with van der Waals surface area (Å²) in [7, 11) is 0.668. The highest BCUT2D eigenvalue weighted by Gasteiger charge is 2.00. The Morgan fingerprint density at radius 1 is 1.00 bits per heavy atom. The average molecular weight is 231 g/mol. The van der Waals surface area contributed by atoms with Crippen molar-refractivity contribution >= 4 is 19.3 Å². The first-order chi connectivity index (χ1) is 7.79. The fourth-order valence-corrected chi connectivity index (χ4v) is 1.58. The van der Waals surface area contributed by atoms with Gasteiger partial charge < -0.3 is 9.68 Å². The van der Waals surface area contributed by atoms with Crippen LogP contribution in [0.1, 0.15) is 0 Å². The summed E-state index contributed by atoms with van der Waals surface area (Å²) in [5.41, 5.74) is 2.06. The van der Waals surface area contributed by atoms with Gasteiger partial charge in [-0.25, -0.2) is 0 Å². The summed E-state index contributed by atoms with van der Waals surface area (Å²) in [5, 5.41) is 9.26. The molecule has 2 aromatic carbocycles. The Hall–Kier alpha value is -1.45. The molecule has 2 aromatic rings. The molecule has 0 aliphatic heterocycles. The highest BCUT2D eigenvalue weighted by atomic mass is 35.5. The molecule has 1 N–H and O–H groups in total. The quantitative estimate of drug-likeness (QED) is 0.823. The third-order valence-electron chi connectivity index (χ3n) is 2.20. The highest BCUT2D eigenvalue weighted by molar-refractivity contribution is 6.30. The van der Waals surface area contributed by atoms with E-state index in [1.807, 2.05) is 42.5 Å². The van der Waals surface area contributed by atoms with Crippen molar-refractivity contribution in [3.8, 4) is 16.9 Å². The number of hydrogen-bond donors (Lipinski definition) is 1. The van der Waals surface area contributed by atoms with E-state index in [0.29, 0.717) is 18.5 Å². The van der Waals surface area contributed by atoms with E-state index in [1.165, 1.54) is 0 Å². The van der Waals surface area contributed by atoms with Gasteiger partial charge in [0.15, 0.2) is 0 Å². The molecule has 0 aliphatic rings. The molecule has 0 heterocycles. The maximum Gasteiger partial charge on any atom is 0.569 e. The van der Waals surface area contributed by atoms with Gasteiger partial charge in [-0.2, -0.15) is 0 Å². The van der Waals surface area contributed by atoms with Crippen LogP contribution in [0.4, 0.5) is 0 Å². The van der Waals surface area contributed by atoms with Crippen molar-refractivity contribution in [2.75, 3.05) is 0 Å². The molecule has 0 spiro atoms. The van der Waals surface area contributed by atoms with E-state index in [0.717, 1.165) is 11.1 Å². The molecule has 0 fully saturated rings. The smallest absolute Gasteiger partial charge is 0.537 e. The van der Waals surface area contributed by atoms with Gasteiger partial charge in [-0.1, -0.05) is 35.9 Å². The van der Waals surface area contributed by atoms with Crippen LogP contribution in [0.3, 0.4) is 0 Å². The summed E-state index contributed by atoms with van der Waals surface area (Å²) in [6.07, 6.45) is 0. The minimum atomic E-state index is 0.593. The second-order valence-corrected chi connectivity index (χ2v) is 3.69. The molecule has 0 saturated carbocycles. The van der Waals surface area contributed by atoms with Crippen LogP contribution in [0.2, 0.25) is 5.02 Å². The Labute approximate surface area is 99.8 Å². The van der Waals surface area contributed by atoms with Crippen LogP contribution < -0.4 is 4.65 Å². The van der Waals surface area contributed by atoms with Gasteiger partial charge in [-0.15, -0.1) is 0 Å². The summed E-state index contributed by atoms with van der Waals surface area (Å²) in [6.45, 7) is 0. The second kappa shape index (κ2) is 5.06. The molecule has 16 heavy (non-hydrogen) atoms. The normalized spacial score (nSPS) is 9.88. The van der Waals surface area contributed by atoms with Gasteiger partial charge in [0.2, 0.25) is 0 Å². The molecule has 0 bridgehead atoms. The first-order valence-corrected chi connectivity index (χ1v) is 5.16. The van der Waals surface area contributed by atoms with Crippen LogP contribution in [-0.2, 0) is 0 Å². The van der Waals surface area contributed by atoms with Crippen LogP contribution in [0.5, 0.6) is 5.75 Å². The van der Waals surface area contributed by atoms with Crippen molar-refractivity contribution in [3.63, 3.8) is 0 Å². The molecule has 79 valence electrons. The van der Waals surface area contributed by atoms with Crippen LogP contribution in [-0.4, -0.2) is 12.7 Å². The fourth-order valence-electron chi connectivity index (χ4n) is 1.45. The first kappa shape index (κ1) is 11.1. The van der Waals surface area contributed by atoms with Gasteiger partial charge in [0.1, 0.15) is 5.75 Å². The summed E-state index contributed by atoms with van der Waals surface area (Å²) in [4.78, 5) is 0. The standard InChI is InChI=1S/C12H9BClO2/c14-11-6-4-9(5-7-11)10-2-1-3-12(8-10)16-13-15/h1-8,15H. The average Bonchev–Trinajstić information content (AvgIpc) is 2.31. The Balaban J connectivity index is 2.32. The van der Waals surface area contributed by atoms with Gasteiger partial charge >= 0.3 is 7.69 Å². The van der Waals surface area contributed by atoms with Crippen molar-refractivity contribution in [2.45, 2.75) is 0 Å². The molecule has 0 atom stereocenters. The third-order valence-corrected chi connectivity index (χ3v) is 2.45. The van der Waals surface area contributed by atoms with Crippen LogP contribution >= 0.6 is 11.6 Å². The number of halogens is 1. The lowest BCUT2D eigenvalue weighted by atomic mass is 10.1. The summed E-state index contributed by atoms with van der Waals surface area (Å²) in [5.74, 6) is 0.593. The van der Waals surface area contributed by atoms with Crippen molar-refractivity contribution in [1.82, 2.24) is 0 Å². The lowest BCUT2D eigenvalue weighted by Crippen LogP contribution is -1.99. The van der Waals surface area contributed by atoms with Crippen LogP contribution in [0, 0.1) is 0 Å². The lowest BCUT2D eigenvalue weighted by Gasteiger charge is -2.05. The molecule has 0 amide bonds. The Morgan fingerprint density at radius 3 is 2.44 bits per heavy atom. The monoisotopic (exact) mass is 231 g/mol. The molecule has 0 unspecified atom stereocenters. The van der Waals surface area contributed by atoms with Crippen molar-refractivity contribution in [1.29, 1.82) is 0 Å². The molecule has 2 nitrogen and oxygen atoms in total. The van der Waals surface area contributed by atoms with Crippen LogP contribution in [0.15, 0.2) is 48.5 Å². The minimum absolute atomic E-state index is 0.593. The van der Waals surface area contributed by atoms with E-state index in [1.54, 1.807) is 6.07 Å². The van der Waals surface area contributed by atoms with Gasteiger partial charge in [-0.3, -0.25) is 0 Å². The summed E-state index contributed by atoms with van der Waals surface area (Å²) >= 11 is 5.82. The highest BCUT2D eigenvalue weighted by Crippen LogP contribution is 2.24. The predicted molar refractivity (Wildman–Crippen MR) is 65.5 cm³/mol. The fraction of sp³-hybridized carbons (Fsp3) is 0. The van der Waals surface area contributed by atoms with Gasteiger partial charge in [0.25, 0.3) is 0 Å². The van der Waals surface area contributed by atoms with E-state index in [2.05, 4.69) is 0 Å². The maximum atomic E-state index is 8.55. The maximum absolute atomic E-state index is 8.55. The zero-order valence-electron chi connectivity index (χ0n) is 8.43. The van der Waals surface area contributed by atoms with Gasteiger partial charge in [0, 0.05) is 5.02 Å². The molecule has 0 aliphatic carbocycles. The lowest BCUT2D eigenvalue weighted by molar-refractivity contribution is 0.454. The van der Waals surface area contributed by atoms with E-state index in [-0.39, 0.29) is 0 Å². The SMILES string of the molecule is O[B]Oc1cccc(-c2ccc(Cl)cc2)c1. The minimum Gasteiger partial charge on any atom is -0.537 e. The van der Waals surface area contributed by atoms with E-state index < -0.39 is 0 Å². The number of benzene rings is 2. The molecule has 0 aromatic heterocycles. The third kappa shape index (κ3) is 2.57. The Morgan fingerprint density at radius 2 is 1.75 bits per heavy atom. The van der Waals surface area contributed by atoms with E-state index in [9.17, 15) is 0 Å². The predicted octanol–water partition coefficient (Wildman–Crippen LogP) is 2.91. The molecule has 1 radical (unpaired) electrons. The Bertz CT molecular complexity index is 471. The van der Waals surface area contributed by atoms with Crippen molar-refractivity contribution < 1.29 is 9.68 Å². The summed E-state index contributed by atoms with van der Waals surface area (Å²) in [6, 6.07) is 15.0. The van der Waals surface area contributed by atoms with Crippen molar-refractivity contribution in [2.24, 2.45) is 0 Å². The first-order valence-electron chi connectivity index (χ1n) is 4.78. The van der Waals surface area contributed by atoms with E-state index >= 15 is 0 Å². The molecular weight excluding hydrogens is 222 g/mol. The van der Waals surface area contributed by atoms with Crippen LogP contribution in [0.25, 0.3) is 11.1 Å². The largest absolute Gasteiger partial charge is 0.569 e. The van der Waals surface area contributed by atoms with E-state index in [4.69, 9.17) is 21.3 Å². The zero-order chi connectivity index (χ0) is 11.4. The number of hydrogen-bond acceptors (Lipinski definition) is 2. The topological polar surface area (TPSA) is 29.5 Å². The molecule has 0 saturated heterocycles. The molecule has 2 rings (SSSR count). The van der Waals surface area contributed by atoms with Gasteiger partial charge in [-0.05, 0) is 35.4 Å². The number of rotatable bonds is 3.